The van der Waals surface area contributed by atoms with E-state index < -0.39 is 16.0 Å². The van der Waals surface area contributed by atoms with Crippen molar-refractivity contribution in [1.82, 2.24) is 9.62 Å². The highest BCUT2D eigenvalue weighted by molar-refractivity contribution is 7.89. The van der Waals surface area contributed by atoms with Gasteiger partial charge in [-0.3, -0.25) is 4.79 Å². The van der Waals surface area contributed by atoms with Gasteiger partial charge in [0.25, 0.3) is 0 Å². The number of esters is 1. The second kappa shape index (κ2) is 9.61. The molecule has 1 fully saturated rings. The van der Waals surface area contributed by atoms with E-state index in [1.54, 1.807) is 26.8 Å². The Bertz CT molecular complexity index is 1020. The van der Waals surface area contributed by atoms with Crippen LogP contribution in [0.25, 0.3) is 0 Å². The minimum Gasteiger partial charge on any atom is -0.462 e. The largest absolute Gasteiger partial charge is 0.462 e. The van der Waals surface area contributed by atoms with E-state index in [-0.39, 0.29) is 35.6 Å². The van der Waals surface area contributed by atoms with Crippen LogP contribution in [-0.4, -0.2) is 55.9 Å². The van der Waals surface area contributed by atoms with Crippen molar-refractivity contribution < 1.29 is 22.7 Å². The summed E-state index contributed by atoms with van der Waals surface area (Å²) in [5, 5.41) is 5.96. The number of sulfonamides is 1. The lowest BCUT2D eigenvalue weighted by Crippen LogP contribution is -2.45. The zero-order valence-electron chi connectivity index (χ0n) is 18.0. The standard InChI is InChI=1S/C21H28N4O5S/c1-4-30-21(27)18-14(3)22-16-8-6-7-9-17(16)23-19(18)24-20(26)15-10-12-25(13-11-15)31(28,29)5-2/h6-9,15,22H,4-5,10-13H2,1-3H3,(H,23,24,26). The molecule has 0 spiro atoms. The number of carbonyl (C=O) groups is 2. The molecular formula is C21H28N4O5S. The number of piperidine rings is 1. The number of benzene rings is 1. The van der Waals surface area contributed by atoms with Crippen molar-refractivity contribution in [3.63, 3.8) is 0 Å². The topological polar surface area (TPSA) is 117 Å². The van der Waals surface area contributed by atoms with Crippen LogP contribution in [0.5, 0.6) is 0 Å². The number of rotatable bonds is 5. The van der Waals surface area contributed by atoms with Crippen molar-refractivity contribution in [2.75, 3.05) is 30.8 Å². The van der Waals surface area contributed by atoms with Crippen molar-refractivity contribution >= 4 is 39.1 Å². The zero-order chi connectivity index (χ0) is 22.6. The maximum Gasteiger partial charge on any atom is 0.343 e. The molecule has 1 aromatic carbocycles. The number of carbonyl (C=O) groups excluding carboxylic acids is 2. The van der Waals surface area contributed by atoms with Crippen molar-refractivity contribution in [3.05, 3.63) is 35.5 Å². The van der Waals surface area contributed by atoms with Crippen LogP contribution in [0.4, 0.5) is 11.4 Å². The number of anilines is 1. The molecule has 1 aromatic rings. The van der Waals surface area contributed by atoms with Crippen LogP contribution in [0.2, 0.25) is 0 Å². The lowest BCUT2D eigenvalue weighted by Gasteiger charge is -2.30. The molecule has 3 rings (SSSR count). The fourth-order valence-electron chi connectivity index (χ4n) is 3.64. The Kier molecular flexibility index (Phi) is 7.11. The fraction of sp³-hybridized carbons (Fsp3) is 0.476. The second-order valence-corrected chi connectivity index (χ2v) is 9.64. The number of allylic oxidation sites excluding steroid dienone is 1. The Morgan fingerprint density at radius 2 is 1.90 bits per heavy atom. The number of amidine groups is 1. The SMILES string of the molecule is CCOC(=O)C1=C(C)Nc2ccccc2N=C1NC(=O)C1CCN(S(=O)(=O)CC)CC1. The summed E-state index contributed by atoms with van der Waals surface area (Å²) in [6.07, 6.45) is 0.815. The highest BCUT2D eigenvalue weighted by Crippen LogP contribution is 2.30. The highest BCUT2D eigenvalue weighted by atomic mass is 32.2. The molecular weight excluding hydrogens is 420 g/mol. The van der Waals surface area contributed by atoms with E-state index in [2.05, 4.69) is 15.6 Å². The first-order valence-electron chi connectivity index (χ1n) is 10.4. The summed E-state index contributed by atoms with van der Waals surface area (Å²) in [6.45, 7) is 5.82. The molecule has 10 heteroatoms. The van der Waals surface area contributed by atoms with Crippen molar-refractivity contribution in [2.45, 2.75) is 33.6 Å². The van der Waals surface area contributed by atoms with Crippen molar-refractivity contribution in [2.24, 2.45) is 10.9 Å². The third-order valence-electron chi connectivity index (χ3n) is 5.37. The summed E-state index contributed by atoms with van der Waals surface area (Å²) >= 11 is 0. The van der Waals surface area contributed by atoms with Crippen molar-refractivity contribution in [1.29, 1.82) is 0 Å². The first kappa shape index (κ1) is 23.0. The minimum absolute atomic E-state index is 0.0417. The molecule has 0 unspecified atom stereocenters. The van der Waals surface area contributed by atoms with Crippen LogP contribution >= 0.6 is 0 Å². The van der Waals surface area contributed by atoms with Crippen LogP contribution in [0, 0.1) is 5.92 Å². The fourth-order valence-corrected chi connectivity index (χ4v) is 4.77. The average molecular weight is 449 g/mol. The third-order valence-corrected chi connectivity index (χ3v) is 7.26. The smallest absolute Gasteiger partial charge is 0.343 e. The number of hydrogen-bond acceptors (Lipinski definition) is 7. The van der Waals surface area contributed by atoms with E-state index in [1.807, 2.05) is 18.2 Å². The molecule has 2 heterocycles. The number of nitrogens with one attached hydrogen (secondary N) is 2. The lowest BCUT2D eigenvalue weighted by atomic mass is 9.97. The Hall–Kier alpha value is -2.72. The Morgan fingerprint density at radius 1 is 1.23 bits per heavy atom. The minimum atomic E-state index is -3.27. The van der Waals surface area contributed by atoms with Crippen LogP contribution in [-0.2, 0) is 24.3 Å². The first-order chi connectivity index (χ1) is 14.8. The van der Waals surface area contributed by atoms with Gasteiger partial charge in [0, 0.05) is 24.7 Å². The number of ether oxygens (including phenoxy) is 1. The van der Waals surface area contributed by atoms with E-state index in [1.165, 1.54) is 4.31 Å². The Labute approximate surface area is 182 Å². The summed E-state index contributed by atoms with van der Waals surface area (Å²) in [5.41, 5.74) is 1.98. The summed E-state index contributed by atoms with van der Waals surface area (Å²) in [4.78, 5) is 30.2. The molecule has 0 radical (unpaired) electrons. The molecule has 0 aliphatic carbocycles. The Morgan fingerprint density at radius 3 is 2.55 bits per heavy atom. The van der Waals surface area contributed by atoms with Crippen LogP contribution < -0.4 is 10.6 Å². The summed E-state index contributed by atoms with van der Waals surface area (Å²) < 4.78 is 30.7. The molecule has 1 amide bonds. The van der Waals surface area contributed by atoms with Gasteiger partial charge in [-0.05, 0) is 45.7 Å². The maximum atomic E-state index is 13.0. The zero-order valence-corrected chi connectivity index (χ0v) is 18.8. The number of amides is 1. The summed E-state index contributed by atoms with van der Waals surface area (Å²) in [5.74, 6) is -1.08. The van der Waals surface area contributed by atoms with E-state index in [0.29, 0.717) is 43.0 Å². The second-order valence-electron chi connectivity index (χ2n) is 7.39. The van der Waals surface area contributed by atoms with Gasteiger partial charge in [0.1, 0.15) is 11.4 Å². The number of nitrogens with zero attached hydrogens (tertiary/aromatic N) is 2. The van der Waals surface area contributed by atoms with Gasteiger partial charge in [0.2, 0.25) is 15.9 Å². The van der Waals surface area contributed by atoms with Gasteiger partial charge in [-0.1, -0.05) is 12.1 Å². The highest BCUT2D eigenvalue weighted by Gasteiger charge is 2.32. The third kappa shape index (κ3) is 5.13. The molecule has 9 nitrogen and oxygen atoms in total. The molecule has 0 bridgehead atoms. The molecule has 168 valence electrons. The first-order valence-corrected chi connectivity index (χ1v) is 12.0. The quantitative estimate of drug-likeness (QED) is 0.667. The number of fused-ring (bicyclic) bond motifs is 1. The van der Waals surface area contributed by atoms with Gasteiger partial charge in [0.15, 0.2) is 0 Å². The number of para-hydroxylation sites is 2. The predicted octanol–water partition coefficient (Wildman–Crippen LogP) is 2.16. The molecule has 0 saturated carbocycles. The predicted molar refractivity (Wildman–Crippen MR) is 118 cm³/mol. The molecule has 2 aliphatic heterocycles. The molecule has 2 N–H and O–H groups in total. The van der Waals surface area contributed by atoms with E-state index in [4.69, 9.17) is 4.74 Å². The van der Waals surface area contributed by atoms with Crippen LogP contribution in [0.3, 0.4) is 0 Å². The van der Waals surface area contributed by atoms with Gasteiger partial charge in [-0.25, -0.2) is 22.5 Å². The molecule has 0 atom stereocenters. The summed E-state index contributed by atoms with van der Waals surface area (Å²) in [6, 6.07) is 7.28. The lowest BCUT2D eigenvalue weighted by molar-refractivity contribution is -0.137. The van der Waals surface area contributed by atoms with Gasteiger partial charge in [-0.15, -0.1) is 0 Å². The Balaban J connectivity index is 1.83. The normalized spacial score (nSPS) is 17.8. The number of aliphatic imine (C=N–C) groups is 1. The van der Waals surface area contributed by atoms with Gasteiger partial charge in [-0.2, -0.15) is 0 Å². The number of hydrogen-bond donors (Lipinski definition) is 2. The molecule has 1 saturated heterocycles. The maximum absolute atomic E-state index is 13.0. The van der Waals surface area contributed by atoms with Crippen LogP contribution in [0.1, 0.15) is 33.6 Å². The van der Waals surface area contributed by atoms with Gasteiger partial charge < -0.3 is 15.4 Å². The van der Waals surface area contributed by atoms with Gasteiger partial charge in [0.05, 0.1) is 23.7 Å². The van der Waals surface area contributed by atoms with E-state index in [9.17, 15) is 18.0 Å². The van der Waals surface area contributed by atoms with Crippen LogP contribution in [0.15, 0.2) is 40.5 Å². The van der Waals surface area contributed by atoms with E-state index >= 15 is 0 Å². The monoisotopic (exact) mass is 448 g/mol. The molecule has 31 heavy (non-hydrogen) atoms. The van der Waals surface area contributed by atoms with E-state index in [0.717, 1.165) is 0 Å². The van der Waals surface area contributed by atoms with Gasteiger partial charge >= 0.3 is 5.97 Å². The molecule has 0 aromatic heterocycles. The summed E-state index contributed by atoms with van der Waals surface area (Å²) in [7, 11) is -3.27. The van der Waals surface area contributed by atoms with Crippen molar-refractivity contribution in [3.8, 4) is 0 Å². The average Bonchev–Trinajstić information content (AvgIpc) is 2.89. The molecule has 2 aliphatic rings.